The Morgan fingerprint density at radius 3 is 2.48 bits per heavy atom. The molecule has 8 heteroatoms. The Balaban J connectivity index is 0.00000341. The Kier molecular flexibility index (Phi) is 12.2. The first-order valence-corrected chi connectivity index (χ1v) is 11.4. The second-order valence-corrected chi connectivity index (χ2v) is 8.33. The molecule has 0 amide bonds. The van der Waals surface area contributed by atoms with Gasteiger partial charge in [0.1, 0.15) is 5.82 Å². The van der Waals surface area contributed by atoms with Crippen LogP contribution in [0.5, 0.6) is 0 Å². The molecule has 3 rings (SSSR count). The topological polar surface area (TPSA) is 48.9 Å². The van der Waals surface area contributed by atoms with Crippen LogP contribution in [0, 0.1) is 5.82 Å². The van der Waals surface area contributed by atoms with Gasteiger partial charge in [-0.3, -0.25) is 9.89 Å². The summed E-state index contributed by atoms with van der Waals surface area (Å²) in [5.41, 5.74) is 2.64. The first-order chi connectivity index (χ1) is 14.7. The fourth-order valence-electron chi connectivity index (χ4n) is 3.28. The smallest absolute Gasteiger partial charge is 0.191 e. The number of ether oxygens (including phenoxy) is 1. The highest BCUT2D eigenvalue weighted by molar-refractivity contribution is 14.0. The molecule has 1 aliphatic rings. The predicted molar refractivity (Wildman–Crippen MR) is 138 cm³/mol. The molecule has 0 spiro atoms. The lowest BCUT2D eigenvalue weighted by molar-refractivity contribution is 0.0341. The van der Waals surface area contributed by atoms with Gasteiger partial charge in [0.2, 0.25) is 0 Å². The lowest BCUT2D eigenvalue weighted by Gasteiger charge is -2.27. The number of nitrogens with zero attached hydrogens (tertiary/aromatic N) is 2. The van der Waals surface area contributed by atoms with Crippen molar-refractivity contribution in [3.05, 3.63) is 65.5 Å². The van der Waals surface area contributed by atoms with E-state index in [4.69, 9.17) is 4.74 Å². The highest BCUT2D eigenvalue weighted by atomic mass is 127. The third-order valence-electron chi connectivity index (χ3n) is 4.98. The van der Waals surface area contributed by atoms with E-state index in [2.05, 4.69) is 44.8 Å². The average Bonchev–Trinajstić information content (AvgIpc) is 2.78. The molecule has 0 atom stereocenters. The molecule has 0 unspecified atom stereocenters. The molecule has 31 heavy (non-hydrogen) atoms. The largest absolute Gasteiger partial charge is 0.379 e. The Morgan fingerprint density at radius 2 is 1.77 bits per heavy atom. The monoisotopic (exact) mass is 558 g/mol. The maximum Gasteiger partial charge on any atom is 0.191 e. The minimum atomic E-state index is -0.192. The fraction of sp³-hybridized carbons (Fsp3) is 0.435. The van der Waals surface area contributed by atoms with Crippen molar-refractivity contribution in [1.82, 2.24) is 15.5 Å². The number of nitrogens with one attached hydrogen (secondary N) is 2. The second kappa shape index (κ2) is 14.7. The summed E-state index contributed by atoms with van der Waals surface area (Å²) < 4.78 is 18.4. The van der Waals surface area contributed by atoms with E-state index in [0.717, 1.165) is 69.0 Å². The minimum Gasteiger partial charge on any atom is -0.379 e. The first kappa shape index (κ1) is 25.9. The van der Waals surface area contributed by atoms with E-state index in [-0.39, 0.29) is 29.8 Å². The number of rotatable bonds is 9. The number of aliphatic imine (C=N–C) groups is 1. The van der Waals surface area contributed by atoms with Crippen LogP contribution in [0.1, 0.15) is 17.5 Å². The third-order valence-corrected chi connectivity index (χ3v) is 6.08. The van der Waals surface area contributed by atoms with E-state index in [0.29, 0.717) is 0 Å². The van der Waals surface area contributed by atoms with Gasteiger partial charge in [0, 0.05) is 44.7 Å². The van der Waals surface area contributed by atoms with Crippen LogP contribution in [-0.2, 0) is 17.8 Å². The zero-order chi connectivity index (χ0) is 21.0. The van der Waals surface area contributed by atoms with Crippen molar-refractivity contribution in [2.75, 3.05) is 45.6 Å². The van der Waals surface area contributed by atoms with Crippen LogP contribution in [0.4, 0.5) is 4.39 Å². The molecule has 5 nitrogen and oxygen atoms in total. The number of morpholine rings is 1. The van der Waals surface area contributed by atoms with Gasteiger partial charge in [-0.1, -0.05) is 24.3 Å². The summed E-state index contributed by atoms with van der Waals surface area (Å²) in [5, 5.41) is 6.80. The molecule has 1 fully saturated rings. The standard InChI is InChI=1S/C23H31FN4OS.HI/c1-25-23(26-11-4-16-30-22-9-7-21(24)8-10-22)27-17-19-5-2-3-6-20(19)18-28-12-14-29-15-13-28;/h2-3,5-10H,4,11-18H2,1H3,(H2,25,26,27);1H. The predicted octanol–water partition coefficient (Wildman–Crippen LogP) is 4.12. The molecule has 1 aliphatic heterocycles. The maximum absolute atomic E-state index is 12.9. The minimum absolute atomic E-state index is 0. The van der Waals surface area contributed by atoms with Crippen LogP contribution in [-0.4, -0.2) is 56.5 Å². The van der Waals surface area contributed by atoms with Crippen LogP contribution < -0.4 is 10.6 Å². The molecular formula is C23H32FIN4OS. The first-order valence-electron chi connectivity index (χ1n) is 10.4. The summed E-state index contributed by atoms with van der Waals surface area (Å²) in [5.74, 6) is 1.59. The van der Waals surface area contributed by atoms with E-state index in [9.17, 15) is 4.39 Å². The van der Waals surface area contributed by atoms with Crippen molar-refractivity contribution in [3.63, 3.8) is 0 Å². The van der Waals surface area contributed by atoms with Gasteiger partial charge < -0.3 is 15.4 Å². The fourth-order valence-corrected chi connectivity index (χ4v) is 4.14. The molecule has 0 saturated carbocycles. The van der Waals surface area contributed by atoms with Crippen molar-refractivity contribution in [1.29, 1.82) is 0 Å². The van der Waals surface area contributed by atoms with Gasteiger partial charge in [-0.05, 0) is 47.6 Å². The number of thioether (sulfide) groups is 1. The normalized spacial score (nSPS) is 14.7. The summed E-state index contributed by atoms with van der Waals surface area (Å²) in [6, 6.07) is 15.2. The van der Waals surface area contributed by atoms with E-state index >= 15 is 0 Å². The van der Waals surface area contributed by atoms with Crippen molar-refractivity contribution in [2.24, 2.45) is 4.99 Å². The molecule has 2 aromatic carbocycles. The van der Waals surface area contributed by atoms with Crippen molar-refractivity contribution < 1.29 is 9.13 Å². The molecule has 0 radical (unpaired) electrons. The van der Waals surface area contributed by atoms with Gasteiger partial charge in [-0.25, -0.2) is 4.39 Å². The highest BCUT2D eigenvalue weighted by Crippen LogP contribution is 2.18. The molecule has 0 aliphatic carbocycles. The van der Waals surface area contributed by atoms with Gasteiger partial charge in [0.15, 0.2) is 5.96 Å². The van der Waals surface area contributed by atoms with Gasteiger partial charge in [-0.15, -0.1) is 35.7 Å². The number of halogens is 2. The van der Waals surface area contributed by atoms with E-state index in [1.165, 1.54) is 23.3 Å². The van der Waals surface area contributed by atoms with Crippen molar-refractivity contribution in [3.8, 4) is 0 Å². The maximum atomic E-state index is 12.9. The Labute approximate surface area is 206 Å². The molecule has 170 valence electrons. The van der Waals surface area contributed by atoms with Crippen LogP contribution >= 0.6 is 35.7 Å². The third kappa shape index (κ3) is 9.34. The molecule has 1 saturated heterocycles. The summed E-state index contributed by atoms with van der Waals surface area (Å²) in [4.78, 5) is 7.86. The number of guanidine groups is 1. The zero-order valence-corrected chi connectivity index (χ0v) is 21.1. The lowest BCUT2D eigenvalue weighted by Crippen LogP contribution is -2.38. The summed E-state index contributed by atoms with van der Waals surface area (Å²) in [6.07, 6.45) is 0.996. The summed E-state index contributed by atoms with van der Waals surface area (Å²) in [6.45, 7) is 6.14. The molecular weight excluding hydrogens is 526 g/mol. The van der Waals surface area contributed by atoms with Crippen LogP contribution in [0.2, 0.25) is 0 Å². The molecule has 1 heterocycles. The van der Waals surface area contributed by atoms with Crippen LogP contribution in [0.15, 0.2) is 58.4 Å². The highest BCUT2D eigenvalue weighted by Gasteiger charge is 2.12. The van der Waals surface area contributed by atoms with Crippen molar-refractivity contribution >= 4 is 41.7 Å². The summed E-state index contributed by atoms with van der Waals surface area (Å²) >= 11 is 1.74. The SMILES string of the molecule is CN=C(NCCCSc1ccc(F)cc1)NCc1ccccc1CN1CCOCC1.I. The molecule has 0 bridgehead atoms. The second-order valence-electron chi connectivity index (χ2n) is 7.17. The molecule has 0 aromatic heterocycles. The van der Waals surface area contributed by atoms with Gasteiger partial charge in [0.25, 0.3) is 0 Å². The quantitative estimate of drug-likeness (QED) is 0.160. The number of benzene rings is 2. The van der Waals surface area contributed by atoms with E-state index < -0.39 is 0 Å². The van der Waals surface area contributed by atoms with Crippen LogP contribution in [0.25, 0.3) is 0 Å². The molecule has 2 aromatic rings. The number of hydrogen-bond acceptors (Lipinski definition) is 4. The lowest BCUT2D eigenvalue weighted by atomic mass is 10.1. The van der Waals surface area contributed by atoms with Gasteiger partial charge >= 0.3 is 0 Å². The van der Waals surface area contributed by atoms with E-state index in [1.54, 1.807) is 18.8 Å². The Bertz CT molecular complexity index is 800. The zero-order valence-electron chi connectivity index (χ0n) is 18.0. The van der Waals surface area contributed by atoms with Gasteiger partial charge in [0.05, 0.1) is 13.2 Å². The van der Waals surface area contributed by atoms with Crippen LogP contribution in [0.3, 0.4) is 0 Å². The van der Waals surface area contributed by atoms with Gasteiger partial charge in [-0.2, -0.15) is 0 Å². The van der Waals surface area contributed by atoms with E-state index in [1.807, 2.05) is 12.1 Å². The van der Waals surface area contributed by atoms with Crippen molar-refractivity contribution in [2.45, 2.75) is 24.4 Å². The Morgan fingerprint density at radius 1 is 1.06 bits per heavy atom. The number of hydrogen-bond donors (Lipinski definition) is 2. The summed E-state index contributed by atoms with van der Waals surface area (Å²) in [7, 11) is 1.79. The average molecular weight is 559 g/mol. The molecule has 2 N–H and O–H groups in total. The Hall–Kier alpha value is -1.36.